The molecule has 1 amide bonds. The molecule has 1 heterocycles. The summed E-state index contributed by atoms with van der Waals surface area (Å²) in [6, 6.07) is 0. The van der Waals surface area contributed by atoms with Crippen LogP contribution in [0, 0.1) is 5.41 Å². The lowest BCUT2D eigenvalue weighted by Gasteiger charge is -2.34. The van der Waals surface area contributed by atoms with Crippen LogP contribution in [0.1, 0.15) is 51.4 Å². The molecule has 0 radical (unpaired) electrons. The number of rotatable bonds is 6. The van der Waals surface area contributed by atoms with E-state index in [4.69, 9.17) is 15.2 Å². The quantitative estimate of drug-likeness (QED) is 0.577. The van der Waals surface area contributed by atoms with Gasteiger partial charge in [0.25, 0.3) is 0 Å². The van der Waals surface area contributed by atoms with Crippen molar-refractivity contribution in [3.8, 4) is 0 Å². The lowest BCUT2D eigenvalue weighted by atomic mass is 9.79. The number of hydrogen-bond acceptors (Lipinski definition) is 4. The minimum absolute atomic E-state index is 0.0674. The van der Waals surface area contributed by atoms with Gasteiger partial charge in [-0.3, -0.25) is 4.79 Å². The Balaban J connectivity index is 1.66. The van der Waals surface area contributed by atoms with Crippen molar-refractivity contribution in [2.75, 3.05) is 32.9 Å². The van der Waals surface area contributed by atoms with E-state index >= 15 is 0 Å². The van der Waals surface area contributed by atoms with Gasteiger partial charge in [-0.15, -0.1) is 0 Å². The number of nitrogens with one attached hydrogen (secondary N) is 1. The zero-order valence-corrected chi connectivity index (χ0v) is 13.1. The minimum Gasteiger partial charge on any atom is -0.381 e. The molecular weight excluding hydrogens is 268 g/mol. The highest BCUT2D eigenvalue weighted by molar-refractivity contribution is 5.83. The van der Waals surface area contributed by atoms with Crippen LogP contribution in [0.2, 0.25) is 0 Å². The molecule has 0 spiro atoms. The molecule has 3 N–H and O–H groups in total. The standard InChI is InChI=1S/C16H30N2O3/c17-13-16(7-10-20-11-8-16)15(19)18-9-12-21-14-5-3-1-2-4-6-14/h14H,1-13,17H2,(H,18,19). The first-order valence-corrected chi connectivity index (χ1v) is 8.44. The molecule has 1 aliphatic heterocycles. The van der Waals surface area contributed by atoms with Gasteiger partial charge in [0.15, 0.2) is 0 Å². The van der Waals surface area contributed by atoms with Crippen LogP contribution in [0.25, 0.3) is 0 Å². The molecule has 1 saturated carbocycles. The predicted molar refractivity (Wildman–Crippen MR) is 82.0 cm³/mol. The number of carbonyl (C=O) groups excluding carboxylic acids is 1. The Labute approximate surface area is 127 Å². The fourth-order valence-electron chi connectivity index (χ4n) is 3.27. The zero-order valence-electron chi connectivity index (χ0n) is 13.1. The number of hydrogen-bond donors (Lipinski definition) is 2. The highest BCUT2D eigenvalue weighted by Gasteiger charge is 2.38. The van der Waals surface area contributed by atoms with E-state index in [1.165, 1.54) is 25.7 Å². The smallest absolute Gasteiger partial charge is 0.227 e. The maximum Gasteiger partial charge on any atom is 0.227 e. The average Bonchev–Trinajstić information content (AvgIpc) is 2.80. The fourth-order valence-corrected chi connectivity index (χ4v) is 3.27. The van der Waals surface area contributed by atoms with E-state index < -0.39 is 5.41 Å². The Bertz CT molecular complexity index is 309. The SMILES string of the molecule is NCC1(C(=O)NCCOC2CCCCCC2)CCOCC1. The highest BCUT2D eigenvalue weighted by Crippen LogP contribution is 2.29. The first-order chi connectivity index (χ1) is 10.3. The Kier molecular flexibility index (Phi) is 6.93. The summed E-state index contributed by atoms with van der Waals surface area (Å²) >= 11 is 0. The molecule has 122 valence electrons. The van der Waals surface area contributed by atoms with Gasteiger partial charge in [-0.25, -0.2) is 0 Å². The molecule has 0 unspecified atom stereocenters. The van der Waals surface area contributed by atoms with Gasteiger partial charge in [-0.05, 0) is 25.7 Å². The lowest BCUT2D eigenvalue weighted by Crippen LogP contribution is -2.49. The van der Waals surface area contributed by atoms with Crippen molar-refractivity contribution < 1.29 is 14.3 Å². The van der Waals surface area contributed by atoms with E-state index in [1.54, 1.807) is 0 Å². The topological polar surface area (TPSA) is 73.6 Å². The third kappa shape index (κ3) is 4.94. The van der Waals surface area contributed by atoms with Gasteiger partial charge < -0.3 is 20.5 Å². The molecule has 0 aromatic carbocycles. The first-order valence-electron chi connectivity index (χ1n) is 8.44. The van der Waals surface area contributed by atoms with Crippen molar-refractivity contribution >= 4 is 5.91 Å². The monoisotopic (exact) mass is 298 g/mol. The number of ether oxygens (including phenoxy) is 2. The lowest BCUT2D eigenvalue weighted by molar-refractivity contribution is -0.136. The summed E-state index contributed by atoms with van der Waals surface area (Å²) in [5.41, 5.74) is 5.40. The first kappa shape index (κ1) is 16.7. The third-order valence-electron chi connectivity index (χ3n) is 4.87. The Morgan fingerprint density at radius 1 is 1.19 bits per heavy atom. The van der Waals surface area contributed by atoms with Crippen molar-refractivity contribution in [1.82, 2.24) is 5.32 Å². The maximum absolute atomic E-state index is 12.4. The van der Waals surface area contributed by atoms with Crippen molar-refractivity contribution in [2.24, 2.45) is 11.1 Å². The van der Waals surface area contributed by atoms with E-state index in [-0.39, 0.29) is 5.91 Å². The van der Waals surface area contributed by atoms with Crippen LogP contribution in [0.4, 0.5) is 0 Å². The molecule has 0 aromatic heterocycles. The maximum atomic E-state index is 12.4. The van der Waals surface area contributed by atoms with E-state index in [1.807, 2.05) is 0 Å². The summed E-state index contributed by atoms with van der Waals surface area (Å²) in [7, 11) is 0. The van der Waals surface area contributed by atoms with Crippen LogP contribution in [-0.2, 0) is 14.3 Å². The second-order valence-electron chi connectivity index (χ2n) is 6.34. The molecule has 5 nitrogen and oxygen atoms in total. The van der Waals surface area contributed by atoms with Gasteiger partial charge in [0.1, 0.15) is 0 Å². The second-order valence-corrected chi connectivity index (χ2v) is 6.34. The van der Waals surface area contributed by atoms with Crippen LogP contribution in [0.5, 0.6) is 0 Å². The minimum atomic E-state index is -0.430. The normalized spacial score (nSPS) is 23.5. The van der Waals surface area contributed by atoms with Crippen LogP contribution < -0.4 is 11.1 Å². The van der Waals surface area contributed by atoms with Crippen LogP contribution in [-0.4, -0.2) is 44.9 Å². The van der Waals surface area contributed by atoms with Crippen molar-refractivity contribution in [3.05, 3.63) is 0 Å². The van der Waals surface area contributed by atoms with E-state index in [0.717, 1.165) is 25.7 Å². The molecule has 21 heavy (non-hydrogen) atoms. The fraction of sp³-hybridized carbons (Fsp3) is 0.938. The zero-order chi connectivity index (χ0) is 15.0. The molecule has 2 rings (SSSR count). The summed E-state index contributed by atoms with van der Waals surface area (Å²) in [4.78, 5) is 12.4. The summed E-state index contributed by atoms with van der Waals surface area (Å²) < 4.78 is 11.2. The van der Waals surface area contributed by atoms with Crippen molar-refractivity contribution in [3.63, 3.8) is 0 Å². The van der Waals surface area contributed by atoms with Crippen LogP contribution in [0.3, 0.4) is 0 Å². The van der Waals surface area contributed by atoms with Gasteiger partial charge in [-0.2, -0.15) is 0 Å². The third-order valence-corrected chi connectivity index (χ3v) is 4.87. The summed E-state index contributed by atoms with van der Waals surface area (Å²) in [6.07, 6.45) is 9.36. The van der Waals surface area contributed by atoms with Gasteiger partial charge in [0.05, 0.1) is 18.1 Å². The molecule has 5 heteroatoms. The average molecular weight is 298 g/mol. The summed E-state index contributed by atoms with van der Waals surface area (Å²) in [5.74, 6) is 0.0674. The number of carbonyl (C=O) groups is 1. The molecular formula is C16H30N2O3. The largest absolute Gasteiger partial charge is 0.381 e. The molecule has 0 bridgehead atoms. The van der Waals surface area contributed by atoms with Gasteiger partial charge in [0, 0.05) is 26.3 Å². The van der Waals surface area contributed by atoms with Crippen molar-refractivity contribution in [1.29, 1.82) is 0 Å². The molecule has 2 fully saturated rings. The van der Waals surface area contributed by atoms with Crippen LogP contribution >= 0.6 is 0 Å². The molecule has 0 atom stereocenters. The van der Waals surface area contributed by atoms with Crippen molar-refractivity contribution in [2.45, 2.75) is 57.5 Å². The van der Waals surface area contributed by atoms with Gasteiger partial charge >= 0.3 is 0 Å². The highest BCUT2D eigenvalue weighted by atomic mass is 16.5. The Hall–Kier alpha value is -0.650. The Morgan fingerprint density at radius 2 is 1.86 bits per heavy atom. The Morgan fingerprint density at radius 3 is 2.48 bits per heavy atom. The van der Waals surface area contributed by atoms with Gasteiger partial charge in [-0.1, -0.05) is 25.7 Å². The molecule has 1 aliphatic carbocycles. The molecule has 1 saturated heterocycles. The molecule has 2 aliphatic rings. The summed E-state index contributed by atoms with van der Waals surface area (Å²) in [6.45, 7) is 2.84. The number of nitrogens with two attached hydrogens (primary N) is 1. The molecule has 0 aromatic rings. The number of amides is 1. The van der Waals surface area contributed by atoms with E-state index in [2.05, 4.69) is 5.32 Å². The predicted octanol–water partition coefficient (Wildman–Crippen LogP) is 1.60. The van der Waals surface area contributed by atoms with E-state index in [9.17, 15) is 4.79 Å². The summed E-state index contributed by atoms with van der Waals surface area (Å²) in [5, 5.41) is 3.00. The van der Waals surface area contributed by atoms with Crippen LogP contribution in [0.15, 0.2) is 0 Å². The second kappa shape index (κ2) is 8.71. The van der Waals surface area contributed by atoms with E-state index in [0.29, 0.717) is 39.0 Å². The van der Waals surface area contributed by atoms with Gasteiger partial charge in [0.2, 0.25) is 5.91 Å².